The van der Waals surface area contributed by atoms with Crippen molar-refractivity contribution in [1.82, 2.24) is 9.78 Å². The molecule has 1 aromatic heterocycles. The molecule has 1 heterocycles. The Balaban J connectivity index is 2.14. The van der Waals surface area contributed by atoms with Crippen LogP contribution in [-0.4, -0.2) is 9.78 Å². The molecular weight excluding hydrogens is 369 g/mol. The molecule has 0 bridgehead atoms. The number of halogens is 3. The van der Waals surface area contributed by atoms with Crippen molar-refractivity contribution >= 4 is 49.1 Å². The van der Waals surface area contributed by atoms with Crippen molar-refractivity contribution in [3.63, 3.8) is 0 Å². The molecule has 2 rings (SSSR count). The van der Waals surface area contributed by atoms with Gasteiger partial charge in [0.15, 0.2) is 0 Å². The Morgan fingerprint density at radius 3 is 2.53 bits per heavy atom. The zero-order valence-electron chi connectivity index (χ0n) is 9.04. The summed E-state index contributed by atoms with van der Waals surface area (Å²) in [6.45, 7) is 0.715. The lowest BCUT2D eigenvalue weighted by molar-refractivity contribution is 0.767. The van der Waals surface area contributed by atoms with Gasteiger partial charge in [0.1, 0.15) is 0 Å². The number of nitrogens with one attached hydrogen (secondary N) is 1. The minimum absolute atomic E-state index is 0.690. The van der Waals surface area contributed by atoms with Gasteiger partial charge in [-0.2, -0.15) is 5.10 Å². The fourth-order valence-electron chi connectivity index (χ4n) is 1.46. The Hall–Kier alpha value is -0.520. The maximum atomic E-state index is 5.94. The number of rotatable bonds is 3. The summed E-state index contributed by atoms with van der Waals surface area (Å²) in [4.78, 5) is 0. The Labute approximate surface area is 121 Å². The number of aryl methyl sites for hydroxylation is 1. The molecule has 0 atom stereocenters. The standard InChI is InChI=1S/C11H10Br2ClN3/c1-17-6-7(5-16-17)4-15-11-9(12)2-8(14)3-10(11)13/h2-3,5-6,15H,4H2,1H3. The largest absolute Gasteiger partial charge is 0.379 e. The number of anilines is 1. The number of hydrogen-bond donors (Lipinski definition) is 1. The van der Waals surface area contributed by atoms with Gasteiger partial charge in [-0.15, -0.1) is 0 Å². The third-order valence-corrected chi connectivity index (χ3v) is 3.70. The van der Waals surface area contributed by atoms with Crippen molar-refractivity contribution in [1.29, 1.82) is 0 Å². The lowest BCUT2D eigenvalue weighted by Crippen LogP contribution is -2.00. The smallest absolute Gasteiger partial charge is 0.0632 e. The van der Waals surface area contributed by atoms with Crippen LogP contribution < -0.4 is 5.32 Å². The quantitative estimate of drug-likeness (QED) is 0.866. The molecular formula is C11H10Br2ClN3. The van der Waals surface area contributed by atoms with Gasteiger partial charge in [-0.25, -0.2) is 0 Å². The second-order valence-corrected chi connectivity index (χ2v) is 5.77. The van der Waals surface area contributed by atoms with Gasteiger partial charge in [0.05, 0.1) is 11.9 Å². The lowest BCUT2D eigenvalue weighted by Gasteiger charge is -2.10. The van der Waals surface area contributed by atoms with Crippen molar-refractivity contribution in [3.05, 3.63) is 44.1 Å². The van der Waals surface area contributed by atoms with Crippen molar-refractivity contribution in [2.45, 2.75) is 6.54 Å². The average molecular weight is 379 g/mol. The molecule has 6 heteroatoms. The number of aromatic nitrogens is 2. The van der Waals surface area contributed by atoms with Crippen molar-refractivity contribution in [3.8, 4) is 0 Å². The van der Waals surface area contributed by atoms with Crippen LogP contribution in [0.5, 0.6) is 0 Å². The first-order chi connectivity index (χ1) is 8.06. The molecule has 17 heavy (non-hydrogen) atoms. The van der Waals surface area contributed by atoms with E-state index in [4.69, 9.17) is 11.6 Å². The van der Waals surface area contributed by atoms with Crippen LogP contribution in [0.4, 0.5) is 5.69 Å². The lowest BCUT2D eigenvalue weighted by atomic mass is 10.3. The molecule has 0 saturated heterocycles. The summed E-state index contributed by atoms with van der Waals surface area (Å²) in [5.74, 6) is 0. The predicted molar refractivity (Wildman–Crippen MR) is 77.4 cm³/mol. The van der Waals surface area contributed by atoms with Crippen molar-refractivity contribution < 1.29 is 0 Å². The molecule has 0 aliphatic carbocycles. The molecule has 1 aromatic carbocycles. The van der Waals surface area contributed by atoms with E-state index in [1.165, 1.54) is 0 Å². The maximum absolute atomic E-state index is 5.94. The summed E-state index contributed by atoms with van der Waals surface area (Å²) in [6.07, 6.45) is 3.81. The van der Waals surface area contributed by atoms with Crippen LogP contribution in [-0.2, 0) is 13.6 Å². The molecule has 0 spiro atoms. The molecule has 2 aromatic rings. The number of hydrogen-bond acceptors (Lipinski definition) is 2. The molecule has 0 unspecified atom stereocenters. The first-order valence-corrected chi connectivity index (χ1v) is 6.88. The second-order valence-electron chi connectivity index (χ2n) is 3.62. The van der Waals surface area contributed by atoms with Gasteiger partial charge in [-0.05, 0) is 44.0 Å². The first-order valence-electron chi connectivity index (χ1n) is 4.92. The predicted octanol–water partition coefficient (Wildman–Crippen LogP) is 4.21. The van der Waals surface area contributed by atoms with Gasteiger partial charge in [-0.1, -0.05) is 11.6 Å². The van der Waals surface area contributed by atoms with Crippen molar-refractivity contribution in [2.75, 3.05) is 5.32 Å². The Bertz CT molecular complexity index is 516. The molecule has 1 N–H and O–H groups in total. The van der Waals surface area contributed by atoms with Gasteiger partial charge in [0.2, 0.25) is 0 Å². The van der Waals surface area contributed by atoms with Crippen LogP contribution >= 0.6 is 43.5 Å². The molecule has 0 radical (unpaired) electrons. The fourth-order valence-corrected chi connectivity index (χ4v) is 3.41. The highest BCUT2D eigenvalue weighted by Crippen LogP contribution is 2.34. The highest BCUT2D eigenvalue weighted by molar-refractivity contribution is 9.11. The van der Waals surface area contributed by atoms with E-state index in [-0.39, 0.29) is 0 Å². The SMILES string of the molecule is Cn1cc(CNc2c(Br)cc(Cl)cc2Br)cn1. The second kappa shape index (κ2) is 5.42. The first kappa shape index (κ1) is 12.9. The van der Waals surface area contributed by atoms with E-state index in [2.05, 4.69) is 42.3 Å². The molecule has 0 amide bonds. The summed E-state index contributed by atoms with van der Waals surface area (Å²) >= 11 is 12.9. The van der Waals surface area contributed by atoms with E-state index in [9.17, 15) is 0 Å². The minimum atomic E-state index is 0.690. The highest BCUT2D eigenvalue weighted by atomic mass is 79.9. The van der Waals surface area contributed by atoms with E-state index < -0.39 is 0 Å². The Morgan fingerprint density at radius 2 is 2.00 bits per heavy atom. The number of nitrogens with zero attached hydrogens (tertiary/aromatic N) is 2. The third-order valence-electron chi connectivity index (χ3n) is 2.23. The van der Waals surface area contributed by atoms with E-state index in [1.807, 2.05) is 31.6 Å². The molecule has 0 saturated carbocycles. The molecule has 0 aliphatic rings. The van der Waals surface area contributed by atoms with Gasteiger partial charge >= 0.3 is 0 Å². The topological polar surface area (TPSA) is 29.9 Å². The van der Waals surface area contributed by atoms with Gasteiger partial charge in [-0.3, -0.25) is 4.68 Å². The highest BCUT2D eigenvalue weighted by Gasteiger charge is 2.07. The summed E-state index contributed by atoms with van der Waals surface area (Å²) in [7, 11) is 1.90. The van der Waals surface area contributed by atoms with Gasteiger partial charge in [0, 0.05) is 39.3 Å². The van der Waals surface area contributed by atoms with Gasteiger partial charge in [0.25, 0.3) is 0 Å². The monoisotopic (exact) mass is 377 g/mol. The third kappa shape index (κ3) is 3.24. The van der Waals surface area contributed by atoms with E-state index >= 15 is 0 Å². The molecule has 90 valence electrons. The summed E-state index contributed by atoms with van der Waals surface area (Å²) < 4.78 is 3.64. The average Bonchev–Trinajstić information content (AvgIpc) is 2.62. The van der Waals surface area contributed by atoms with E-state index in [0.29, 0.717) is 11.6 Å². The summed E-state index contributed by atoms with van der Waals surface area (Å²) in [5.41, 5.74) is 2.11. The normalized spacial score (nSPS) is 10.6. The van der Waals surface area contributed by atoms with E-state index in [0.717, 1.165) is 20.2 Å². The molecule has 3 nitrogen and oxygen atoms in total. The Morgan fingerprint density at radius 1 is 1.35 bits per heavy atom. The van der Waals surface area contributed by atoms with Crippen LogP contribution in [0.15, 0.2) is 33.5 Å². The zero-order chi connectivity index (χ0) is 12.4. The minimum Gasteiger partial charge on any atom is -0.379 e. The maximum Gasteiger partial charge on any atom is 0.0632 e. The molecule has 0 aliphatic heterocycles. The van der Waals surface area contributed by atoms with E-state index in [1.54, 1.807) is 4.68 Å². The van der Waals surface area contributed by atoms with Crippen molar-refractivity contribution in [2.24, 2.45) is 7.05 Å². The van der Waals surface area contributed by atoms with Crippen LogP contribution in [0, 0.1) is 0 Å². The zero-order valence-corrected chi connectivity index (χ0v) is 13.0. The van der Waals surface area contributed by atoms with Crippen LogP contribution in [0.3, 0.4) is 0 Å². The summed E-state index contributed by atoms with van der Waals surface area (Å²) in [5, 5.41) is 8.14. The number of benzene rings is 1. The van der Waals surface area contributed by atoms with Crippen LogP contribution in [0.2, 0.25) is 5.02 Å². The Kier molecular flexibility index (Phi) is 4.12. The fraction of sp³-hybridized carbons (Fsp3) is 0.182. The molecule has 0 fully saturated rings. The summed E-state index contributed by atoms with van der Waals surface area (Å²) in [6, 6.07) is 3.72. The van der Waals surface area contributed by atoms with Crippen LogP contribution in [0.25, 0.3) is 0 Å². The van der Waals surface area contributed by atoms with Gasteiger partial charge < -0.3 is 5.32 Å². The van der Waals surface area contributed by atoms with Crippen LogP contribution in [0.1, 0.15) is 5.56 Å².